The molecule has 7 heteroatoms. The Bertz CT molecular complexity index is 842. The molecule has 0 aliphatic rings. The minimum Gasteiger partial charge on any atom is -0.459 e. The van der Waals surface area contributed by atoms with Crippen LogP contribution in [0.5, 0.6) is 0 Å². The zero-order valence-corrected chi connectivity index (χ0v) is 18.2. The molecule has 2 aromatic carbocycles. The van der Waals surface area contributed by atoms with Crippen LogP contribution in [0.2, 0.25) is 0 Å². The van der Waals surface area contributed by atoms with E-state index in [1.807, 2.05) is 74.5 Å². The number of carbonyl (C=O) groups excluding carboxylic acids is 3. The summed E-state index contributed by atoms with van der Waals surface area (Å²) in [5.41, 5.74) is 1.70. The monoisotopic (exact) mass is 426 g/mol. The highest BCUT2D eigenvalue weighted by Gasteiger charge is 2.29. The van der Waals surface area contributed by atoms with E-state index in [1.54, 1.807) is 6.92 Å². The highest BCUT2D eigenvalue weighted by atomic mass is 16.5. The summed E-state index contributed by atoms with van der Waals surface area (Å²) in [4.78, 5) is 37.2. The van der Waals surface area contributed by atoms with E-state index < -0.39 is 30.1 Å². The van der Waals surface area contributed by atoms with Crippen LogP contribution in [0.1, 0.15) is 38.3 Å². The second-order valence-electron chi connectivity index (χ2n) is 7.39. The summed E-state index contributed by atoms with van der Waals surface area (Å²) in [6.45, 7) is 5.54. The maximum atomic E-state index is 12.8. The number of amides is 2. The Labute approximate surface area is 183 Å². The molecule has 2 aromatic rings. The summed E-state index contributed by atoms with van der Waals surface area (Å²) in [5.74, 6) is -1.17. The summed E-state index contributed by atoms with van der Waals surface area (Å²) in [6.07, 6.45) is -0.0345. The third-order valence-corrected chi connectivity index (χ3v) is 4.92. The number of nitrogens with one attached hydrogen (secondary N) is 2. The number of benzene rings is 2. The minimum atomic E-state index is -0.857. The average molecular weight is 427 g/mol. The van der Waals surface area contributed by atoms with Crippen LogP contribution in [0.4, 0.5) is 4.79 Å². The summed E-state index contributed by atoms with van der Waals surface area (Å²) < 4.78 is 10.5. The Morgan fingerprint density at radius 1 is 0.806 bits per heavy atom. The van der Waals surface area contributed by atoms with Crippen molar-refractivity contribution >= 4 is 18.0 Å². The molecule has 0 spiro atoms. The first-order valence-corrected chi connectivity index (χ1v) is 10.4. The first kappa shape index (κ1) is 23.9. The van der Waals surface area contributed by atoms with Gasteiger partial charge in [-0.1, -0.05) is 80.9 Å². The smallest absolute Gasteiger partial charge is 0.408 e. The van der Waals surface area contributed by atoms with Crippen LogP contribution >= 0.6 is 0 Å². The average Bonchev–Trinajstić information content (AvgIpc) is 2.80. The molecule has 31 heavy (non-hydrogen) atoms. The highest BCUT2D eigenvalue weighted by Crippen LogP contribution is 2.10. The van der Waals surface area contributed by atoms with Crippen LogP contribution in [-0.2, 0) is 32.3 Å². The van der Waals surface area contributed by atoms with Crippen molar-refractivity contribution in [2.75, 3.05) is 0 Å². The first-order chi connectivity index (χ1) is 14.9. The van der Waals surface area contributed by atoms with E-state index >= 15 is 0 Å². The van der Waals surface area contributed by atoms with Gasteiger partial charge in [0.25, 0.3) is 0 Å². The lowest BCUT2D eigenvalue weighted by Gasteiger charge is -2.24. The number of ether oxygens (including phenoxy) is 2. The number of carbonyl (C=O) groups is 3. The van der Waals surface area contributed by atoms with Gasteiger partial charge in [-0.3, -0.25) is 4.79 Å². The Morgan fingerprint density at radius 3 is 1.84 bits per heavy atom. The normalized spacial score (nSPS) is 13.4. The van der Waals surface area contributed by atoms with Gasteiger partial charge >= 0.3 is 12.1 Å². The Balaban J connectivity index is 1.87. The Morgan fingerprint density at radius 2 is 1.32 bits per heavy atom. The predicted molar refractivity (Wildman–Crippen MR) is 117 cm³/mol. The van der Waals surface area contributed by atoms with Gasteiger partial charge in [0.1, 0.15) is 25.3 Å². The van der Waals surface area contributed by atoms with E-state index in [1.165, 1.54) is 0 Å². The number of alkyl carbamates (subject to hydrolysis) is 1. The fourth-order valence-corrected chi connectivity index (χ4v) is 2.81. The fourth-order valence-electron chi connectivity index (χ4n) is 2.81. The molecule has 0 saturated heterocycles. The van der Waals surface area contributed by atoms with Crippen LogP contribution in [0.15, 0.2) is 60.7 Å². The Hall–Kier alpha value is -3.35. The molecule has 0 bridgehead atoms. The van der Waals surface area contributed by atoms with Crippen molar-refractivity contribution in [1.29, 1.82) is 0 Å². The first-order valence-electron chi connectivity index (χ1n) is 10.4. The molecular weight excluding hydrogens is 396 g/mol. The summed E-state index contributed by atoms with van der Waals surface area (Å²) in [7, 11) is 0. The standard InChI is InChI=1S/C24H30N2O5/c1-4-17(2)21(26-24(29)31-16-20-13-9-6-10-14-20)22(27)25-18(3)23(28)30-15-19-11-7-5-8-12-19/h5-14,17-18,21H,4,15-16H2,1-3H3,(H,25,27)(H,26,29)/t17-,18+,21-/m0/s1. The number of hydrogen-bond acceptors (Lipinski definition) is 5. The molecule has 2 rings (SSSR count). The highest BCUT2D eigenvalue weighted by molar-refractivity contribution is 5.89. The van der Waals surface area contributed by atoms with Crippen molar-refractivity contribution in [3.63, 3.8) is 0 Å². The van der Waals surface area contributed by atoms with Crippen LogP contribution in [-0.4, -0.2) is 30.1 Å². The SMILES string of the molecule is CC[C@H](C)[C@H](NC(=O)OCc1ccccc1)C(=O)N[C@H](C)C(=O)OCc1ccccc1. The number of rotatable bonds is 10. The maximum Gasteiger partial charge on any atom is 0.408 e. The molecule has 0 unspecified atom stereocenters. The molecule has 0 heterocycles. The van der Waals surface area contributed by atoms with Gasteiger partial charge in [0.2, 0.25) is 5.91 Å². The van der Waals surface area contributed by atoms with Crippen molar-refractivity contribution in [3.8, 4) is 0 Å². The van der Waals surface area contributed by atoms with Crippen LogP contribution in [0.3, 0.4) is 0 Å². The zero-order chi connectivity index (χ0) is 22.6. The van der Waals surface area contributed by atoms with Crippen molar-refractivity contribution in [2.24, 2.45) is 5.92 Å². The third-order valence-electron chi connectivity index (χ3n) is 4.92. The van der Waals surface area contributed by atoms with Gasteiger partial charge in [-0.05, 0) is 24.0 Å². The second kappa shape index (κ2) is 12.4. The van der Waals surface area contributed by atoms with Gasteiger partial charge in [-0.25, -0.2) is 9.59 Å². The summed E-state index contributed by atoms with van der Waals surface area (Å²) in [5, 5.41) is 5.24. The Kier molecular flexibility index (Phi) is 9.55. The van der Waals surface area contributed by atoms with Gasteiger partial charge in [-0.2, -0.15) is 0 Å². The second-order valence-corrected chi connectivity index (χ2v) is 7.39. The molecule has 0 aliphatic carbocycles. The van der Waals surface area contributed by atoms with E-state index in [9.17, 15) is 14.4 Å². The van der Waals surface area contributed by atoms with E-state index in [0.29, 0.717) is 6.42 Å². The van der Waals surface area contributed by atoms with E-state index in [4.69, 9.17) is 9.47 Å². The molecule has 0 radical (unpaired) electrons. The molecule has 2 N–H and O–H groups in total. The summed E-state index contributed by atoms with van der Waals surface area (Å²) in [6, 6.07) is 16.9. The fraction of sp³-hybridized carbons (Fsp3) is 0.375. The van der Waals surface area contributed by atoms with Gasteiger partial charge in [0.15, 0.2) is 0 Å². The van der Waals surface area contributed by atoms with Gasteiger partial charge in [-0.15, -0.1) is 0 Å². The largest absolute Gasteiger partial charge is 0.459 e. The van der Waals surface area contributed by atoms with Gasteiger partial charge in [0.05, 0.1) is 0 Å². The lowest BCUT2D eigenvalue weighted by atomic mass is 9.98. The van der Waals surface area contributed by atoms with E-state index in [0.717, 1.165) is 11.1 Å². The maximum absolute atomic E-state index is 12.8. The predicted octanol–water partition coefficient (Wildman–Crippen LogP) is 3.58. The van der Waals surface area contributed by atoms with Crippen LogP contribution in [0, 0.1) is 5.92 Å². The number of hydrogen-bond donors (Lipinski definition) is 2. The third kappa shape index (κ3) is 8.12. The van der Waals surface area contributed by atoms with Gasteiger partial charge in [0, 0.05) is 0 Å². The lowest BCUT2D eigenvalue weighted by Crippen LogP contribution is -2.53. The molecule has 2 amide bonds. The topological polar surface area (TPSA) is 93.7 Å². The van der Waals surface area contributed by atoms with Crippen molar-refractivity contribution in [3.05, 3.63) is 71.8 Å². The molecule has 7 nitrogen and oxygen atoms in total. The molecular formula is C24H30N2O5. The summed E-state index contributed by atoms with van der Waals surface area (Å²) >= 11 is 0. The van der Waals surface area contributed by atoms with E-state index in [-0.39, 0.29) is 19.1 Å². The van der Waals surface area contributed by atoms with E-state index in [2.05, 4.69) is 10.6 Å². The van der Waals surface area contributed by atoms with Crippen LogP contribution < -0.4 is 10.6 Å². The quantitative estimate of drug-likeness (QED) is 0.567. The molecule has 0 saturated carbocycles. The number of esters is 1. The zero-order valence-electron chi connectivity index (χ0n) is 18.2. The van der Waals surface area contributed by atoms with Crippen LogP contribution in [0.25, 0.3) is 0 Å². The molecule has 0 aromatic heterocycles. The van der Waals surface area contributed by atoms with Crippen molar-refractivity contribution < 1.29 is 23.9 Å². The van der Waals surface area contributed by atoms with Crippen molar-refractivity contribution in [2.45, 2.75) is 52.5 Å². The molecule has 0 aliphatic heterocycles. The molecule has 3 atom stereocenters. The van der Waals surface area contributed by atoms with Crippen molar-refractivity contribution in [1.82, 2.24) is 10.6 Å². The molecule has 166 valence electrons. The van der Waals surface area contributed by atoms with Gasteiger partial charge < -0.3 is 20.1 Å². The lowest BCUT2D eigenvalue weighted by molar-refractivity contribution is -0.148. The molecule has 0 fully saturated rings. The minimum absolute atomic E-state index is 0.101.